The molecule has 6 heteroatoms. The van der Waals surface area contributed by atoms with Gasteiger partial charge >= 0.3 is 0 Å². The topological polar surface area (TPSA) is 34.1 Å². The summed E-state index contributed by atoms with van der Waals surface area (Å²) in [6, 6.07) is 22.7. The van der Waals surface area contributed by atoms with Gasteiger partial charge in [-0.25, -0.2) is 0 Å². The van der Waals surface area contributed by atoms with Gasteiger partial charge < -0.3 is 14.4 Å². The predicted octanol–water partition coefficient (Wildman–Crippen LogP) is 6.22. The monoisotopic (exact) mass is 576 g/mol. The summed E-state index contributed by atoms with van der Waals surface area (Å²) in [5.41, 5.74) is 4.20. The highest BCUT2D eigenvalue weighted by molar-refractivity contribution is 14.1. The third kappa shape index (κ3) is 5.83. The van der Waals surface area contributed by atoms with Crippen molar-refractivity contribution in [2.24, 2.45) is 4.99 Å². The molecule has 1 aliphatic heterocycles. The smallest absolute Gasteiger partial charge is 0.128 e. The molecule has 1 saturated heterocycles. The number of hydrogen-bond donors (Lipinski definition) is 0. The zero-order valence-electron chi connectivity index (χ0n) is 16.4. The van der Waals surface area contributed by atoms with Crippen molar-refractivity contribution >= 4 is 56.1 Å². The van der Waals surface area contributed by atoms with Crippen LogP contribution in [0.1, 0.15) is 11.1 Å². The van der Waals surface area contributed by atoms with E-state index in [0.29, 0.717) is 6.61 Å². The molecule has 3 aromatic carbocycles. The number of morpholine rings is 1. The van der Waals surface area contributed by atoms with E-state index in [1.54, 1.807) is 0 Å². The molecule has 4 nitrogen and oxygen atoms in total. The predicted molar refractivity (Wildman–Crippen MR) is 134 cm³/mol. The minimum Gasteiger partial charge on any atom is -0.488 e. The first kappa shape index (κ1) is 21.3. The second-order valence-electron chi connectivity index (χ2n) is 6.97. The molecule has 0 spiro atoms. The number of anilines is 1. The summed E-state index contributed by atoms with van der Waals surface area (Å²) in [5, 5.41) is 0. The maximum Gasteiger partial charge on any atom is 0.128 e. The van der Waals surface area contributed by atoms with Crippen LogP contribution < -0.4 is 9.64 Å². The second-order valence-corrected chi connectivity index (χ2v) is 9.13. The molecular formula is C24H22BrIN2O2. The van der Waals surface area contributed by atoms with Crippen molar-refractivity contribution in [1.82, 2.24) is 0 Å². The molecule has 0 saturated carbocycles. The van der Waals surface area contributed by atoms with Crippen LogP contribution in [0.2, 0.25) is 0 Å². The molecule has 1 aliphatic rings. The molecule has 0 atom stereocenters. The molecule has 4 rings (SSSR count). The van der Waals surface area contributed by atoms with E-state index >= 15 is 0 Å². The summed E-state index contributed by atoms with van der Waals surface area (Å²) in [6.07, 6.45) is 1.86. The Morgan fingerprint density at radius 2 is 1.73 bits per heavy atom. The first-order chi connectivity index (χ1) is 14.7. The molecule has 0 unspecified atom stereocenters. The van der Waals surface area contributed by atoms with Crippen LogP contribution in [0.5, 0.6) is 5.75 Å². The van der Waals surface area contributed by atoms with E-state index in [4.69, 9.17) is 9.47 Å². The average Bonchev–Trinajstić information content (AvgIpc) is 2.79. The zero-order valence-corrected chi connectivity index (χ0v) is 20.2. The fourth-order valence-electron chi connectivity index (χ4n) is 3.21. The molecule has 0 N–H and O–H groups in total. The third-order valence-corrected chi connectivity index (χ3v) is 6.07. The lowest BCUT2D eigenvalue weighted by molar-refractivity contribution is 0.122. The maximum absolute atomic E-state index is 6.07. The molecule has 0 bridgehead atoms. The van der Waals surface area contributed by atoms with Gasteiger partial charge in [-0.05, 0) is 82.8 Å². The van der Waals surface area contributed by atoms with E-state index in [1.807, 2.05) is 36.5 Å². The number of nitrogens with zero attached hydrogens (tertiary/aromatic N) is 2. The van der Waals surface area contributed by atoms with E-state index in [2.05, 4.69) is 84.8 Å². The number of hydrogen-bond acceptors (Lipinski definition) is 4. The van der Waals surface area contributed by atoms with Gasteiger partial charge in [0.2, 0.25) is 0 Å². The standard InChI is InChI=1S/C24H22BrIN2O2/c25-20-3-10-24(30-17-18-1-4-21(26)5-2-18)19(15-20)16-27-22-6-8-23(9-7-22)28-11-13-29-14-12-28/h1-10,15-16H,11-14,17H2. The van der Waals surface area contributed by atoms with Gasteiger partial charge in [0.05, 0.1) is 18.9 Å². The fourth-order valence-corrected chi connectivity index (χ4v) is 3.95. The summed E-state index contributed by atoms with van der Waals surface area (Å²) in [4.78, 5) is 7.00. The Morgan fingerprint density at radius 3 is 2.47 bits per heavy atom. The van der Waals surface area contributed by atoms with Crippen molar-refractivity contribution in [3.05, 3.63) is 85.9 Å². The van der Waals surface area contributed by atoms with E-state index in [-0.39, 0.29) is 0 Å². The van der Waals surface area contributed by atoms with Gasteiger partial charge in [0.1, 0.15) is 12.4 Å². The number of rotatable bonds is 6. The Morgan fingerprint density at radius 1 is 1.00 bits per heavy atom. The van der Waals surface area contributed by atoms with Crippen molar-refractivity contribution in [2.45, 2.75) is 6.61 Å². The normalized spacial score (nSPS) is 14.3. The third-order valence-electron chi connectivity index (χ3n) is 4.86. The first-order valence-corrected chi connectivity index (χ1v) is 11.7. The molecule has 3 aromatic rings. The van der Waals surface area contributed by atoms with Crippen molar-refractivity contribution in [3.63, 3.8) is 0 Å². The Bertz CT molecular complexity index is 1000. The van der Waals surface area contributed by atoms with Crippen LogP contribution in [0, 0.1) is 3.57 Å². The highest BCUT2D eigenvalue weighted by Gasteiger charge is 2.10. The van der Waals surface area contributed by atoms with Crippen LogP contribution >= 0.6 is 38.5 Å². The van der Waals surface area contributed by atoms with Crippen LogP contribution in [0.15, 0.2) is 76.2 Å². The van der Waals surface area contributed by atoms with Gasteiger partial charge in [0.15, 0.2) is 0 Å². The Kier molecular flexibility index (Phi) is 7.41. The van der Waals surface area contributed by atoms with Gasteiger partial charge in [-0.2, -0.15) is 0 Å². The summed E-state index contributed by atoms with van der Waals surface area (Å²) >= 11 is 5.85. The molecule has 0 aromatic heterocycles. The van der Waals surface area contributed by atoms with Crippen LogP contribution in [0.4, 0.5) is 11.4 Å². The van der Waals surface area contributed by atoms with Gasteiger partial charge in [0, 0.05) is 38.6 Å². The van der Waals surface area contributed by atoms with E-state index in [0.717, 1.165) is 53.3 Å². The second kappa shape index (κ2) is 10.4. The molecule has 30 heavy (non-hydrogen) atoms. The minimum atomic E-state index is 0.521. The lowest BCUT2D eigenvalue weighted by atomic mass is 10.2. The van der Waals surface area contributed by atoms with Crippen molar-refractivity contribution in [3.8, 4) is 5.75 Å². The molecule has 1 heterocycles. The molecule has 0 aliphatic carbocycles. The van der Waals surface area contributed by atoms with E-state index in [1.165, 1.54) is 9.26 Å². The van der Waals surface area contributed by atoms with Crippen LogP contribution in [-0.2, 0) is 11.3 Å². The minimum absolute atomic E-state index is 0.521. The van der Waals surface area contributed by atoms with Crippen LogP contribution in [0.3, 0.4) is 0 Å². The molecule has 0 amide bonds. The fraction of sp³-hybridized carbons (Fsp3) is 0.208. The number of aliphatic imine (C=N–C) groups is 1. The molecule has 154 valence electrons. The highest BCUT2D eigenvalue weighted by Crippen LogP contribution is 2.25. The van der Waals surface area contributed by atoms with E-state index in [9.17, 15) is 0 Å². The van der Waals surface area contributed by atoms with Crippen LogP contribution in [0.25, 0.3) is 0 Å². The summed E-state index contributed by atoms with van der Waals surface area (Å²) < 4.78 is 13.7. The van der Waals surface area contributed by atoms with E-state index < -0.39 is 0 Å². The highest BCUT2D eigenvalue weighted by atomic mass is 127. The van der Waals surface area contributed by atoms with Crippen molar-refractivity contribution < 1.29 is 9.47 Å². The first-order valence-electron chi connectivity index (χ1n) is 9.81. The summed E-state index contributed by atoms with van der Waals surface area (Å²) in [6.45, 7) is 3.96. The Hall–Kier alpha value is -1.90. The molecule has 1 fully saturated rings. The summed E-state index contributed by atoms with van der Waals surface area (Å²) in [5.74, 6) is 0.811. The lowest BCUT2D eigenvalue weighted by Crippen LogP contribution is -2.36. The van der Waals surface area contributed by atoms with Crippen LogP contribution in [-0.4, -0.2) is 32.5 Å². The van der Waals surface area contributed by atoms with Gasteiger partial charge in [-0.15, -0.1) is 0 Å². The largest absolute Gasteiger partial charge is 0.488 e. The van der Waals surface area contributed by atoms with Gasteiger partial charge in [-0.1, -0.05) is 28.1 Å². The number of benzene rings is 3. The quantitative estimate of drug-likeness (QED) is 0.258. The number of halogens is 2. The van der Waals surface area contributed by atoms with Gasteiger partial charge in [0.25, 0.3) is 0 Å². The number of ether oxygens (including phenoxy) is 2. The molecule has 0 radical (unpaired) electrons. The Labute approximate surface area is 199 Å². The van der Waals surface area contributed by atoms with Crippen molar-refractivity contribution in [1.29, 1.82) is 0 Å². The van der Waals surface area contributed by atoms with Crippen molar-refractivity contribution in [2.75, 3.05) is 31.2 Å². The summed E-state index contributed by atoms with van der Waals surface area (Å²) in [7, 11) is 0. The lowest BCUT2D eigenvalue weighted by Gasteiger charge is -2.28. The average molecular weight is 577 g/mol. The zero-order chi connectivity index (χ0) is 20.8. The Balaban J connectivity index is 1.45. The van der Waals surface area contributed by atoms with Gasteiger partial charge in [-0.3, -0.25) is 4.99 Å². The maximum atomic E-state index is 6.07. The SMILES string of the molecule is Brc1ccc(OCc2ccc(I)cc2)c(C=Nc2ccc(N3CCOCC3)cc2)c1. The molecular weight excluding hydrogens is 555 g/mol.